The van der Waals surface area contributed by atoms with E-state index in [4.69, 9.17) is 0 Å². The molecule has 1 spiro atoms. The summed E-state index contributed by atoms with van der Waals surface area (Å²) in [6.07, 6.45) is 4.43. The van der Waals surface area contributed by atoms with Gasteiger partial charge in [-0.25, -0.2) is 0 Å². The smallest absolute Gasteiger partial charge is 0.0726 e. The predicted molar refractivity (Wildman–Crippen MR) is 314 cm³/mol. The molecule has 0 aliphatic heterocycles. The first-order valence-electron chi connectivity index (χ1n) is 26.4. The van der Waals surface area contributed by atoms with E-state index >= 15 is 0 Å². The van der Waals surface area contributed by atoms with E-state index in [9.17, 15) is 0 Å². The first kappa shape index (κ1) is 45.2. The molecule has 0 atom stereocenters. The van der Waals surface area contributed by atoms with Crippen LogP contribution in [-0.4, -0.2) is 4.57 Å². The average Bonchev–Trinajstić information content (AvgIpc) is 4.13. The fourth-order valence-electron chi connectivity index (χ4n) is 13.1. The topological polar surface area (TPSA) is 8.17 Å². The van der Waals surface area contributed by atoms with Gasteiger partial charge >= 0.3 is 0 Å². The summed E-state index contributed by atoms with van der Waals surface area (Å²) >= 11 is 0. The maximum Gasteiger partial charge on any atom is 0.0726 e. The summed E-state index contributed by atoms with van der Waals surface area (Å²) in [5.74, 6) is 0. The predicted octanol–water partition coefficient (Wildman–Crippen LogP) is 19.6. The molecule has 74 heavy (non-hydrogen) atoms. The third kappa shape index (κ3) is 6.44. The van der Waals surface area contributed by atoms with Crippen LogP contribution in [0.3, 0.4) is 0 Å². The maximum atomic E-state index is 2.52. The van der Waals surface area contributed by atoms with Crippen molar-refractivity contribution in [2.75, 3.05) is 4.90 Å². The lowest BCUT2D eigenvalue weighted by molar-refractivity contribution is 0.639. The molecule has 0 amide bonds. The Bertz CT molecular complexity index is 4040. The van der Waals surface area contributed by atoms with Gasteiger partial charge in [-0.2, -0.15) is 0 Å². The van der Waals surface area contributed by atoms with E-state index in [1.807, 2.05) is 13.8 Å². The Balaban J connectivity index is 0.00000261. The minimum absolute atomic E-state index is 0.0512. The molecule has 0 bridgehead atoms. The minimum atomic E-state index is -0.462. The van der Waals surface area contributed by atoms with Crippen molar-refractivity contribution in [3.8, 4) is 50.2 Å². The molecule has 14 rings (SSSR count). The Morgan fingerprint density at radius 2 is 1.01 bits per heavy atom. The van der Waals surface area contributed by atoms with Crippen LogP contribution in [-0.2, 0) is 10.8 Å². The molecule has 0 unspecified atom stereocenters. The van der Waals surface area contributed by atoms with Gasteiger partial charge in [-0.05, 0) is 152 Å². The van der Waals surface area contributed by atoms with Gasteiger partial charge < -0.3 is 9.47 Å². The van der Waals surface area contributed by atoms with Gasteiger partial charge in [0.15, 0.2) is 0 Å². The lowest BCUT2D eigenvalue weighted by Gasteiger charge is -2.32. The molecular weight excluding hydrogens is 893 g/mol. The number of anilines is 3. The summed E-state index contributed by atoms with van der Waals surface area (Å²) < 4.78 is 2.41. The lowest BCUT2D eigenvalue weighted by Crippen LogP contribution is -2.26. The Kier molecular flexibility index (Phi) is 10.7. The Morgan fingerprint density at radius 3 is 1.74 bits per heavy atom. The van der Waals surface area contributed by atoms with E-state index in [0.29, 0.717) is 0 Å². The number of benzene rings is 10. The number of aromatic nitrogens is 1. The lowest BCUT2D eigenvalue weighted by atomic mass is 9.70. The maximum absolute atomic E-state index is 2.52. The molecule has 3 aliphatic carbocycles. The van der Waals surface area contributed by atoms with Crippen LogP contribution in [0.25, 0.3) is 77.6 Å². The van der Waals surface area contributed by atoms with E-state index in [2.05, 4.69) is 280 Å². The molecule has 1 aromatic heterocycles. The quantitative estimate of drug-likeness (QED) is 0.155. The first-order valence-corrected chi connectivity index (χ1v) is 26.4. The zero-order valence-electron chi connectivity index (χ0n) is 43.0. The summed E-state index contributed by atoms with van der Waals surface area (Å²) in [5, 5.41) is 2.49. The largest absolute Gasteiger partial charge is 0.310 e. The molecule has 2 nitrogen and oxygen atoms in total. The van der Waals surface area contributed by atoms with E-state index in [1.165, 1.54) is 111 Å². The van der Waals surface area contributed by atoms with Crippen LogP contribution in [0.4, 0.5) is 17.1 Å². The Morgan fingerprint density at radius 1 is 0.432 bits per heavy atom. The van der Waals surface area contributed by atoms with Crippen molar-refractivity contribution in [2.45, 2.75) is 52.4 Å². The molecule has 0 saturated carbocycles. The number of para-hydroxylation sites is 2. The zero-order valence-corrected chi connectivity index (χ0v) is 43.0. The fraction of sp³-hybridized carbons (Fsp3) is 0.111. The molecule has 356 valence electrons. The molecule has 0 saturated heterocycles. The molecule has 11 aromatic rings. The summed E-state index contributed by atoms with van der Waals surface area (Å²) in [4.78, 5) is 2.52. The van der Waals surface area contributed by atoms with Crippen LogP contribution < -0.4 is 4.90 Å². The van der Waals surface area contributed by atoms with E-state index < -0.39 is 5.41 Å². The summed E-state index contributed by atoms with van der Waals surface area (Å²) in [6.45, 7) is 13.1. The van der Waals surface area contributed by atoms with Crippen molar-refractivity contribution < 1.29 is 0 Å². The average molecular weight is 951 g/mol. The van der Waals surface area contributed by atoms with Gasteiger partial charge in [-0.15, -0.1) is 0 Å². The summed E-state index contributed by atoms with van der Waals surface area (Å²) in [7, 11) is 0. The van der Waals surface area contributed by atoms with Crippen molar-refractivity contribution in [2.24, 2.45) is 0 Å². The highest BCUT2D eigenvalue weighted by Gasteiger charge is 2.52. The van der Waals surface area contributed by atoms with E-state index in [0.717, 1.165) is 22.7 Å². The highest BCUT2D eigenvalue weighted by molar-refractivity contribution is 6.16. The SMILES string of the molecule is C/C=C\C1=C(C)C(C)(C)c2cc(-c3ccc(N(c4cccc(-c5cccc6c5c5ccccc5n6-c5ccccc5)c4)c4cccc5c4-c4ccccc4C54c5ccccc5-c5ccccc54)cc3)ccc21.CC. The number of rotatable bonds is 7. The van der Waals surface area contributed by atoms with Crippen LogP contribution in [0.2, 0.25) is 0 Å². The molecule has 0 N–H and O–H groups in total. The number of fused-ring (bicyclic) bond motifs is 14. The number of allylic oxidation sites excluding steroid dienone is 4. The Labute approximate surface area is 435 Å². The van der Waals surface area contributed by atoms with Crippen LogP contribution >= 0.6 is 0 Å². The molecular formula is C72H58N2. The summed E-state index contributed by atoms with van der Waals surface area (Å²) in [5.41, 5.74) is 27.2. The monoisotopic (exact) mass is 950 g/mol. The summed E-state index contributed by atoms with van der Waals surface area (Å²) in [6, 6.07) is 86.4. The molecule has 2 heteroatoms. The standard InChI is InChI=1S/C70H52N2.C2H6/c1-5-20-52-45(2)69(3,4)63-44-47(39-42-56(52)63)46-37-40-50(41-38-46)71(51-24-17-21-48(43-51)53-29-18-35-65-67(53)58-28-12-16-34-64(58)72(65)49-22-7-6-8-23-49)66-36-19-33-62-68(66)57-27-11-15-32-61(57)70(62)59-30-13-9-25-54(59)55-26-10-14-31-60(55)70;1-2/h5-44H,1-4H3;1-2H3/b20-5-;. The molecule has 1 heterocycles. The second kappa shape index (κ2) is 17.5. The van der Waals surface area contributed by atoms with Crippen molar-refractivity contribution in [3.63, 3.8) is 0 Å². The number of hydrogen-bond donors (Lipinski definition) is 0. The van der Waals surface area contributed by atoms with Crippen LogP contribution in [0.5, 0.6) is 0 Å². The fourth-order valence-corrected chi connectivity index (χ4v) is 13.1. The highest BCUT2D eigenvalue weighted by atomic mass is 15.1. The van der Waals surface area contributed by atoms with Gasteiger partial charge in [0.05, 0.1) is 22.1 Å². The normalized spacial score (nSPS) is 14.2. The molecule has 3 aliphatic rings. The van der Waals surface area contributed by atoms with Crippen LogP contribution in [0.1, 0.15) is 74.9 Å². The number of nitrogens with zero attached hydrogens (tertiary/aromatic N) is 2. The molecule has 10 aromatic carbocycles. The van der Waals surface area contributed by atoms with Gasteiger partial charge in [0.1, 0.15) is 0 Å². The Hall–Kier alpha value is -8.72. The zero-order chi connectivity index (χ0) is 50.3. The van der Waals surface area contributed by atoms with Crippen LogP contribution in [0, 0.1) is 0 Å². The van der Waals surface area contributed by atoms with Crippen molar-refractivity contribution >= 4 is 44.4 Å². The molecule has 0 radical (unpaired) electrons. The minimum Gasteiger partial charge on any atom is -0.310 e. The van der Waals surface area contributed by atoms with Gasteiger partial charge in [-0.1, -0.05) is 215 Å². The number of hydrogen-bond acceptors (Lipinski definition) is 1. The first-order chi connectivity index (χ1) is 36.4. The van der Waals surface area contributed by atoms with Gasteiger partial charge in [0.2, 0.25) is 0 Å². The second-order valence-electron chi connectivity index (χ2n) is 20.3. The third-order valence-corrected chi connectivity index (χ3v) is 16.5. The molecule has 0 fully saturated rings. The van der Waals surface area contributed by atoms with Crippen molar-refractivity contribution in [1.29, 1.82) is 0 Å². The highest BCUT2D eigenvalue weighted by Crippen LogP contribution is 2.65. The van der Waals surface area contributed by atoms with Crippen LogP contribution in [0.15, 0.2) is 248 Å². The third-order valence-electron chi connectivity index (χ3n) is 16.5. The van der Waals surface area contributed by atoms with E-state index in [-0.39, 0.29) is 5.41 Å². The van der Waals surface area contributed by atoms with Gasteiger partial charge in [-0.3, -0.25) is 0 Å². The van der Waals surface area contributed by atoms with Gasteiger partial charge in [0, 0.05) is 38.8 Å². The van der Waals surface area contributed by atoms with Gasteiger partial charge in [0.25, 0.3) is 0 Å². The van der Waals surface area contributed by atoms with Crippen molar-refractivity contribution in [3.05, 3.63) is 282 Å². The van der Waals surface area contributed by atoms with Crippen molar-refractivity contribution in [1.82, 2.24) is 4.57 Å². The van der Waals surface area contributed by atoms with E-state index in [1.54, 1.807) is 0 Å². The second-order valence-corrected chi connectivity index (χ2v) is 20.3.